The molecule has 0 atom stereocenters. The Hall–Kier alpha value is -1.22. The van der Waals surface area contributed by atoms with Crippen LogP contribution in [0.3, 0.4) is 0 Å². The molecule has 118 valence electrons. The molecule has 1 aromatic heterocycles. The largest absolute Gasteiger partial charge is 0.478 e. The van der Waals surface area contributed by atoms with Gasteiger partial charge in [0.1, 0.15) is 0 Å². The van der Waals surface area contributed by atoms with Crippen LogP contribution >= 0.6 is 11.3 Å². The first-order valence-corrected chi connectivity index (χ1v) is 8.84. The summed E-state index contributed by atoms with van der Waals surface area (Å²) in [5, 5.41) is 10.4. The van der Waals surface area contributed by atoms with Gasteiger partial charge in [-0.15, -0.1) is 11.3 Å². The highest BCUT2D eigenvalue weighted by molar-refractivity contribution is 7.89. The van der Waals surface area contributed by atoms with Gasteiger partial charge in [0.25, 0.3) is 0 Å². The predicted molar refractivity (Wildman–Crippen MR) is 82.7 cm³/mol. The van der Waals surface area contributed by atoms with Crippen molar-refractivity contribution in [2.24, 2.45) is 0 Å². The average Bonchev–Trinajstić information content (AvgIpc) is 2.84. The van der Waals surface area contributed by atoms with Gasteiger partial charge in [0, 0.05) is 31.2 Å². The summed E-state index contributed by atoms with van der Waals surface area (Å²) in [7, 11) is -1.83. The Morgan fingerprint density at radius 1 is 1.52 bits per heavy atom. The third-order valence-electron chi connectivity index (χ3n) is 2.63. The molecule has 0 aromatic carbocycles. The lowest BCUT2D eigenvalue weighted by molar-refractivity contribution is -0.131. The van der Waals surface area contributed by atoms with Crippen molar-refractivity contribution >= 4 is 33.4 Å². The second kappa shape index (κ2) is 8.28. The summed E-state index contributed by atoms with van der Waals surface area (Å²) in [4.78, 5) is 11.2. The zero-order chi connectivity index (χ0) is 15.9. The summed E-state index contributed by atoms with van der Waals surface area (Å²) < 4.78 is 30.3. The van der Waals surface area contributed by atoms with Crippen molar-refractivity contribution in [2.75, 3.05) is 26.0 Å². The Kier molecular flexibility index (Phi) is 7.03. The summed E-state index contributed by atoms with van der Waals surface area (Å²) in [5.74, 6) is -1.06. The lowest BCUT2D eigenvalue weighted by Crippen LogP contribution is -2.30. The molecule has 0 fully saturated rings. The van der Waals surface area contributed by atoms with E-state index in [1.165, 1.54) is 28.8 Å². The fraction of sp³-hybridized carbons (Fsp3) is 0.462. The van der Waals surface area contributed by atoms with E-state index in [9.17, 15) is 13.2 Å². The van der Waals surface area contributed by atoms with Crippen molar-refractivity contribution in [2.45, 2.75) is 13.5 Å². The van der Waals surface area contributed by atoms with Crippen LogP contribution in [0.4, 0.5) is 0 Å². The number of ether oxygens (including phenoxy) is 1. The smallest absolute Gasteiger partial charge is 0.328 e. The van der Waals surface area contributed by atoms with E-state index in [-0.39, 0.29) is 18.9 Å². The lowest BCUT2D eigenvalue weighted by atomic mass is 10.3. The van der Waals surface area contributed by atoms with Gasteiger partial charge in [-0.1, -0.05) is 0 Å². The maximum Gasteiger partial charge on any atom is 0.328 e. The minimum Gasteiger partial charge on any atom is -0.478 e. The number of hydrogen-bond acceptors (Lipinski definition) is 5. The Balaban J connectivity index is 2.62. The Morgan fingerprint density at radius 2 is 2.24 bits per heavy atom. The average molecular weight is 333 g/mol. The molecule has 0 saturated heterocycles. The second-order valence-electron chi connectivity index (χ2n) is 4.30. The monoisotopic (exact) mass is 333 g/mol. The minimum atomic E-state index is -3.35. The molecule has 0 amide bonds. The highest BCUT2D eigenvalue weighted by Gasteiger charge is 2.18. The van der Waals surface area contributed by atoms with Crippen molar-refractivity contribution in [3.8, 4) is 0 Å². The van der Waals surface area contributed by atoms with Crippen molar-refractivity contribution in [1.82, 2.24) is 4.31 Å². The molecule has 21 heavy (non-hydrogen) atoms. The van der Waals surface area contributed by atoms with E-state index >= 15 is 0 Å². The highest BCUT2D eigenvalue weighted by Crippen LogP contribution is 2.18. The normalized spacial score (nSPS) is 12.3. The number of carboxylic acid groups (broad SMARTS) is 1. The molecule has 0 aliphatic rings. The predicted octanol–water partition coefficient (Wildman–Crippen LogP) is 1.64. The van der Waals surface area contributed by atoms with E-state index in [2.05, 4.69) is 0 Å². The standard InChI is InChI=1S/C13H19NO5S2/c1-3-19-6-7-21(17,18)14(2)9-11-8-12(20-10-11)4-5-13(15)16/h4-5,8,10H,3,6-7,9H2,1-2H3,(H,15,16). The van der Waals surface area contributed by atoms with Crippen LogP contribution in [0.15, 0.2) is 17.5 Å². The van der Waals surface area contributed by atoms with E-state index in [1.54, 1.807) is 6.07 Å². The third kappa shape index (κ3) is 6.38. The highest BCUT2D eigenvalue weighted by atomic mass is 32.2. The van der Waals surface area contributed by atoms with Crippen LogP contribution in [0, 0.1) is 0 Å². The molecule has 0 unspecified atom stereocenters. The summed E-state index contributed by atoms with van der Waals surface area (Å²) in [6.07, 6.45) is 2.54. The molecule has 0 saturated carbocycles. The summed E-state index contributed by atoms with van der Waals surface area (Å²) in [5.41, 5.74) is 0.826. The van der Waals surface area contributed by atoms with E-state index < -0.39 is 16.0 Å². The molecule has 6 nitrogen and oxygen atoms in total. The Bertz CT molecular complexity index is 591. The number of carbonyl (C=O) groups is 1. The van der Waals surface area contributed by atoms with E-state index in [0.29, 0.717) is 6.61 Å². The molecule has 0 aliphatic carbocycles. The van der Waals surface area contributed by atoms with Gasteiger partial charge >= 0.3 is 5.97 Å². The van der Waals surface area contributed by atoms with Crippen molar-refractivity contribution in [1.29, 1.82) is 0 Å². The van der Waals surface area contributed by atoms with Gasteiger partial charge in [-0.2, -0.15) is 0 Å². The fourth-order valence-corrected chi connectivity index (χ4v) is 3.32. The van der Waals surface area contributed by atoms with Crippen LogP contribution in [0.25, 0.3) is 6.08 Å². The van der Waals surface area contributed by atoms with E-state index in [4.69, 9.17) is 9.84 Å². The van der Waals surface area contributed by atoms with Gasteiger partial charge in [-0.25, -0.2) is 17.5 Å². The Labute approximate surface area is 128 Å². The Morgan fingerprint density at radius 3 is 2.86 bits per heavy atom. The number of sulfonamides is 1. The second-order valence-corrected chi connectivity index (χ2v) is 7.44. The molecule has 0 bridgehead atoms. The maximum absolute atomic E-state index is 12.0. The first-order valence-electron chi connectivity index (χ1n) is 6.35. The van der Waals surface area contributed by atoms with Crippen molar-refractivity contribution in [3.05, 3.63) is 28.0 Å². The zero-order valence-electron chi connectivity index (χ0n) is 12.0. The van der Waals surface area contributed by atoms with E-state index in [1.807, 2.05) is 12.3 Å². The fourth-order valence-electron chi connectivity index (χ4n) is 1.54. The van der Waals surface area contributed by atoms with Crippen LogP contribution in [0.1, 0.15) is 17.4 Å². The van der Waals surface area contributed by atoms with Crippen LogP contribution < -0.4 is 0 Å². The topological polar surface area (TPSA) is 83.9 Å². The van der Waals surface area contributed by atoms with Crippen LogP contribution in [0.5, 0.6) is 0 Å². The molecular formula is C13H19NO5S2. The van der Waals surface area contributed by atoms with Crippen molar-refractivity contribution in [3.63, 3.8) is 0 Å². The number of nitrogens with zero attached hydrogens (tertiary/aromatic N) is 1. The summed E-state index contributed by atoms with van der Waals surface area (Å²) >= 11 is 1.37. The molecule has 8 heteroatoms. The maximum atomic E-state index is 12.0. The number of hydrogen-bond donors (Lipinski definition) is 1. The SMILES string of the molecule is CCOCCS(=O)(=O)N(C)Cc1csc(C=CC(=O)O)c1. The van der Waals surface area contributed by atoms with Gasteiger partial charge in [0.2, 0.25) is 10.0 Å². The minimum absolute atomic E-state index is 0.0484. The van der Waals surface area contributed by atoms with Gasteiger partial charge in [0.05, 0.1) is 12.4 Å². The number of rotatable bonds is 9. The van der Waals surface area contributed by atoms with E-state index in [0.717, 1.165) is 16.5 Å². The molecule has 1 heterocycles. The van der Waals surface area contributed by atoms with Crippen LogP contribution in [0.2, 0.25) is 0 Å². The van der Waals surface area contributed by atoms with Gasteiger partial charge in [-0.05, 0) is 30.0 Å². The quantitative estimate of drug-likeness (QED) is 0.549. The molecule has 0 radical (unpaired) electrons. The molecular weight excluding hydrogens is 314 g/mol. The molecule has 0 spiro atoms. The summed E-state index contributed by atoms with van der Waals surface area (Å²) in [6, 6.07) is 1.78. The lowest BCUT2D eigenvalue weighted by Gasteiger charge is -2.16. The third-order valence-corrected chi connectivity index (χ3v) is 5.34. The van der Waals surface area contributed by atoms with Crippen LogP contribution in [-0.4, -0.2) is 49.8 Å². The van der Waals surface area contributed by atoms with Crippen molar-refractivity contribution < 1.29 is 23.1 Å². The molecule has 1 N–H and O–H groups in total. The first-order chi connectivity index (χ1) is 9.85. The number of aliphatic carboxylic acids is 1. The molecule has 1 aromatic rings. The van der Waals surface area contributed by atoms with Crippen LogP contribution in [-0.2, 0) is 26.1 Å². The molecule has 0 aliphatic heterocycles. The zero-order valence-corrected chi connectivity index (χ0v) is 13.6. The summed E-state index contributed by atoms with van der Waals surface area (Å²) in [6.45, 7) is 2.74. The number of carboxylic acids is 1. The first kappa shape index (κ1) is 17.8. The van der Waals surface area contributed by atoms with Gasteiger partial charge in [-0.3, -0.25) is 0 Å². The molecule has 1 rings (SSSR count). The van der Waals surface area contributed by atoms with Gasteiger partial charge in [0.15, 0.2) is 0 Å². The van der Waals surface area contributed by atoms with Gasteiger partial charge < -0.3 is 9.84 Å². The number of thiophene rings is 1.